The monoisotopic (exact) mass is 258 g/mol. The quantitative estimate of drug-likeness (QED) is 0.771. The molecule has 100 valence electrons. The van der Waals surface area contributed by atoms with E-state index in [0.717, 1.165) is 16.5 Å². The van der Waals surface area contributed by atoms with Gasteiger partial charge < -0.3 is 4.74 Å². The zero-order chi connectivity index (χ0) is 13.7. The van der Waals surface area contributed by atoms with Crippen LogP contribution in [0.3, 0.4) is 0 Å². The number of hydrogen-bond acceptors (Lipinski definition) is 4. The Morgan fingerprint density at radius 1 is 1.32 bits per heavy atom. The first-order valence-electron chi connectivity index (χ1n) is 6.37. The molecule has 2 aromatic rings. The molecule has 4 heteroatoms. The van der Waals surface area contributed by atoms with Gasteiger partial charge in [-0.1, -0.05) is 24.3 Å². The summed E-state index contributed by atoms with van der Waals surface area (Å²) in [4.78, 5) is 17.8. The Morgan fingerprint density at radius 3 is 2.89 bits per heavy atom. The topological polar surface area (TPSA) is 42.4 Å². The van der Waals surface area contributed by atoms with Gasteiger partial charge in [-0.15, -0.1) is 0 Å². The highest BCUT2D eigenvalue weighted by Crippen LogP contribution is 2.17. The van der Waals surface area contributed by atoms with Crippen molar-refractivity contribution in [1.29, 1.82) is 0 Å². The Balaban J connectivity index is 2.10. The number of carbonyl (C=O) groups is 1. The molecular formula is C15H18N2O2. The standard InChI is InChI=1S/C15H18N2O2/c1-3-19-14(18)11-17(2)10-13-7-4-6-12-8-5-9-16-15(12)13/h4-9H,3,10-11H2,1-2H3. The molecular weight excluding hydrogens is 240 g/mol. The molecule has 0 aliphatic heterocycles. The molecule has 0 bridgehead atoms. The summed E-state index contributed by atoms with van der Waals surface area (Å²) < 4.78 is 4.94. The lowest BCUT2D eigenvalue weighted by Gasteiger charge is -2.16. The molecule has 0 N–H and O–H groups in total. The zero-order valence-electron chi connectivity index (χ0n) is 11.3. The maximum Gasteiger partial charge on any atom is 0.320 e. The van der Waals surface area contributed by atoms with Crippen LogP contribution in [0.4, 0.5) is 0 Å². The van der Waals surface area contributed by atoms with Crippen LogP contribution in [-0.4, -0.2) is 36.1 Å². The van der Waals surface area contributed by atoms with E-state index in [1.807, 2.05) is 49.2 Å². The smallest absolute Gasteiger partial charge is 0.320 e. The second-order valence-corrected chi connectivity index (χ2v) is 4.47. The maximum absolute atomic E-state index is 11.4. The van der Waals surface area contributed by atoms with Gasteiger partial charge in [-0.05, 0) is 25.6 Å². The van der Waals surface area contributed by atoms with Crippen molar-refractivity contribution in [2.45, 2.75) is 13.5 Å². The Hall–Kier alpha value is -1.94. The first-order valence-corrected chi connectivity index (χ1v) is 6.37. The van der Waals surface area contributed by atoms with Gasteiger partial charge in [0.2, 0.25) is 0 Å². The average molecular weight is 258 g/mol. The predicted octanol–water partition coefficient (Wildman–Crippen LogP) is 2.23. The molecule has 0 aliphatic rings. The van der Waals surface area contributed by atoms with E-state index in [4.69, 9.17) is 4.74 Å². The molecule has 1 aromatic carbocycles. The van der Waals surface area contributed by atoms with E-state index < -0.39 is 0 Å². The van der Waals surface area contributed by atoms with Crippen LogP contribution in [0, 0.1) is 0 Å². The number of para-hydroxylation sites is 1. The Morgan fingerprint density at radius 2 is 2.11 bits per heavy atom. The molecule has 4 nitrogen and oxygen atoms in total. The van der Waals surface area contributed by atoms with E-state index in [-0.39, 0.29) is 12.5 Å². The molecule has 1 aromatic heterocycles. The number of aromatic nitrogens is 1. The summed E-state index contributed by atoms with van der Waals surface area (Å²) in [6.07, 6.45) is 1.79. The van der Waals surface area contributed by atoms with E-state index in [0.29, 0.717) is 13.2 Å². The van der Waals surface area contributed by atoms with Crippen molar-refractivity contribution in [2.24, 2.45) is 0 Å². The van der Waals surface area contributed by atoms with Crippen molar-refractivity contribution < 1.29 is 9.53 Å². The first kappa shape index (κ1) is 13.5. The summed E-state index contributed by atoms with van der Waals surface area (Å²) in [6, 6.07) is 10.1. The maximum atomic E-state index is 11.4. The molecule has 0 saturated heterocycles. The summed E-state index contributed by atoms with van der Waals surface area (Å²) in [5, 5.41) is 1.12. The number of rotatable bonds is 5. The van der Waals surface area contributed by atoms with Crippen molar-refractivity contribution in [2.75, 3.05) is 20.2 Å². The number of benzene rings is 1. The van der Waals surface area contributed by atoms with Crippen LogP contribution < -0.4 is 0 Å². The highest BCUT2D eigenvalue weighted by Gasteiger charge is 2.09. The second-order valence-electron chi connectivity index (χ2n) is 4.47. The number of ether oxygens (including phenoxy) is 1. The number of esters is 1. The minimum atomic E-state index is -0.196. The van der Waals surface area contributed by atoms with Crippen LogP contribution in [0.15, 0.2) is 36.5 Å². The SMILES string of the molecule is CCOC(=O)CN(C)Cc1cccc2cccnc12. The van der Waals surface area contributed by atoms with Crippen molar-refractivity contribution in [3.63, 3.8) is 0 Å². The zero-order valence-corrected chi connectivity index (χ0v) is 11.3. The third kappa shape index (κ3) is 3.51. The fourth-order valence-electron chi connectivity index (χ4n) is 2.07. The summed E-state index contributed by atoms with van der Waals surface area (Å²) in [5.41, 5.74) is 2.10. The minimum Gasteiger partial charge on any atom is -0.465 e. The van der Waals surface area contributed by atoms with E-state index in [2.05, 4.69) is 4.98 Å². The van der Waals surface area contributed by atoms with Crippen LogP contribution in [0.2, 0.25) is 0 Å². The summed E-state index contributed by atoms with van der Waals surface area (Å²) in [7, 11) is 1.90. The molecule has 0 spiro atoms. The van der Waals surface area contributed by atoms with Gasteiger partial charge >= 0.3 is 5.97 Å². The Bertz CT molecular complexity index is 564. The number of fused-ring (bicyclic) bond motifs is 1. The van der Waals surface area contributed by atoms with Crippen LogP contribution in [0.25, 0.3) is 10.9 Å². The van der Waals surface area contributed by atoms with Gasteiger partial charge in [0.15, 0.2) is 0 Å². The lowest BCUT2D eigenvalue weighted by molar-refractivity contribution is -0.144. The van der Waals surface area contributed by atoms with Crippen LogP contribution >= 0.6 is 0 Å². The predicted molar refractivity (Wildman–Crippen MR) is 74.7 cm³/mol. The van der Waals surface area contributed by atoms with Crippen molar-refractivity contribution in [1.82, 2.24) is 9.88 Å². The number of likely N-dealkylation sites (N-methyl/N-ethyl adjacent to an activating group) is 1. The van der Waals surface area contributed by atoms with Crippen LogP contribution in [-0.2, 0) is 16.1 Å². The summed E-state index contributed by atoms with van der Waals surface area (Å²) in [5.74, 6) is -0.196. The van der Waals surface area contributed by atoms with Crippen molar-refractivity contribution in [3.05, 3.63) is 42.1 Å². The Kier molecular flexibility index (Phi) is 4.47. The van der Waals surface area contributed by atoms with Crippen LogP contribution in [0.5, 0.6) is 0 Å². The molecule has 0 amide bonds. The average Bonchev–Trinajstić information content (AvgIpc) is 2.39. The number of nitrogens with zero attached hydrogens (tertiary/aromatic N) is 2. The molecule has 0 aliphatic carbocycles. The van der Waals surface area contributed by atoms with Gasteiger partial charge in [0, 0.05) is 18.1 Å². The van der Waals surface area contributed by atoms with Crippen LogP contribution in [0.1, 0.15) is 12.5 Å². The lowest BCUT2D eigenvalue weighted by atomic mass is 10.1. The molecule has 0 atom stereocenters. The highest BCUT2D eigenvalue weighted by molar-refractivity contribution is 5.81. The summed E-state index contributed by atoms with van der Waals surface area (Å²) in [6.45, 7) is 3.19. The molecule has 2 rings (SSSR count). The fraction of sp³-hybridized carbons (Fsp3) is 0.333. The highest BCUT2D eigenvalue weighted by atomic mass is 16.5. The normalized spacial score (nSPS) is 10.9. The van der Waals surface area contributed by atoms with Gasteiger partial charge in [-0.2, -0.15) is 0 Å². The van der Waals surface area contributed by atoms with Gasteiger partial charge in [0.25, 0.3) is 0 Å². The molecule has 19 heavy (non-hydrogen) atoms. The van der Waals surface area contributed by atoms with Gasteiger partial charge in [-0.25, -0.2) is 0 Å². The van der Waals surface area contributed by atoms with Crippen molar-refractivity contribution >= 4 is 16.9 Å². The lowest BCUT2D eigenvalue weighted by Crippen LogP contribution is -2.27. The van der Waals surface area contributed by atoms with Gasteiger partial charge in [-0.3, -0.25) is 14.7 Å². The summed E-state index contributed by atoms with van der Waals surface area (Å²) >= 11 is 0. The largest absolute Gasteiger partial charge is 0.465 e. The molecule has 0 fully saturated rings. The number of carbonyl (C=O) groups excluding carboxylic acids is 1. The molecule has 0 saturated carbocycles. The second kappa shape index (κ2) is 6.29. The van der Waals surface area contributed by atoms with E-state index in [9.17, 15) is 4.79 Å². The van der Waals surface area contributed by atoms with Crippen molar-refractivity contribution in [3.8, 4) is 0 Å². The van der Waals surface area contributed by atoms with Gasteiger partial charge in [0.05, 0.1) is 18.7 Å². The van der Waals surface area contributed by atoms with Gasteiger partial charge in [0.1, 0.15) is 0 Å². The molecule has 0 unspecified atom stereocenters. The third-order valence-corrected chi connectivity index (χ3v) is 2.86. The first-order chi connectivity index (χ1) is 9.20. The van der Waals surface area contributed by atoms with E-state index in [1.165, 1.54) is 0 Å². The minimum absolute atomic E-state index is 0.196. The molecule has 1 heterocycles. The molecule has 0 radical (unpaired) electrons. The Labute approximate surface area is 113 Å². The number of pyridine rings is 1. The van der Waals surface area contributed by atoms with E-state index in [1.54, 1.807) is 6.20 Å². The fourth-order valence-corrected chi connectivity index (χ4v) is 2.07. The number of hydrogen-bond donors (Lipinski definition) is 0. The van der Waals surface area contributed by atoms with E-state index >= 15 is 0 Å². The third-order valence-electron chi connectivity index (χ3n) is 2.86.